The van der Waals surface area contributed by atoms with E-state index in [0.717, 1.165) is 19.4 Å². The van der Waals surface area contributed by atoms with Crippen LogP contribution in [-0.4, -0.2) is 79.9 Å². The molecule has 2 rings (SSSR count). The summed E-state index contributed by atoms with van der Waals surface area (Å²) in [5.41, 5.74) is 5.87. The first-order valence-corrected chi connectivity index (χ1v) is 7.93. The molecule has 0 saturated carbocycles. The first-order chi connectivity index (χ1) is 10.0. The monoisotopic (exact) mass is 299 g/mol. The minimum Gasteiger partial charge on any atom is -0.381 e. The highest BCUT2D eigenvalue weighted by Gasteiger charge is 2.32. The summed E-state index contributed by atoms with van der Waals surface area (Å²) in [6.45, 7) is 7.31. The van der Waals surface area contributed by atoms with Gasteiger partial charge in [-0.05, 0) is 26.7 Å². The van der Waals surface area contributed by atoms with Gasteiger partial charge in [-0.1, -0.05) is 0 Å². The molecule has 0 aromatic rings. The minimum atomic E-state index is 0.113. The highest BCUT2D eigenvalue weighted by Crippen LogP contribution is 2.19. The largest absolute Gasteiger partial charge is 0.381 e. The van der Waals surface area contributed by atoms with Crippen LogP contribution < -0.4 is 5.73 Å². The molecular weight excluding hydrogens is 270 g/mol. The molecule has 0 spiro atoms. The summed E-state index contributed by atoms with van der Waals surface area (Å²) in [5, 5.41) is 0. The zero-order chi connectivity index (χ0) is 15.4. The van der Waals surface area contributed by atoms with Gasteiger partial charge in [-0.2, -0.15) is 0 Å². The molecule has 2 aliphatic rings. The number of piperidine rings is 1. The van der Waals surface area contributed by atoms with Gasteiger partial charge in [-0.25, -0.2) is 0 Å². The molecule has 0 radical (unpaired) electrons. The van der Waals surface area contributed by atoms with E-state index in [2.05, 4.69) is 4.90 Å². The Kier molecular flexibility index (Phi) is 5.98. The Bertz CT molecular complexity index is 343. The lowest BCUT2D eigenvalue weighted by molar-refractivity contribution is -0.145. The topological polar surface area (TPSA) is 68.0 Å². The molecule has 2 saturated heterocycles. The van der Waals surface area contributed by atoms with Crippen molar-refractivity contribution in [1.29, 1.82) is 0 Å². The minimum absolute atomic E-state index is 0.113. The second-order valence-electron chi connectivity index (χ2n) is 6.30. The van der Waals surface area contributed by atoms with Gasteiger partial charge in [0.2, 0.25) is 5.91 Å². The highest BCUT2D eigenvalue weighted by molar-refractivity contribution is 5.78. The van der Waals surface area contributed by atoms with Crippen molar-refractivity contribution in [2.24, 2.45) is 5.73 Å². The lowest BCUT2D eigenvalue weighted by atomic mass is 9.99. The van der Waals surface area contributed by atoms with Gasteiger partial charge < -0.3 is 20.1 Å². The van der Waals surface area contributed by atoms with Crippen molar-refractivity contribution < 1.29 is 14.3 Å². The second-order valence-corrected chi connectivity index (χ2v) is 6.30. The number of carbonyl (C=O) groups excluding carboxylic acids is 1. The van der Waals surface area contributed by atoms with Crippen LogP contribution in [0.5, 0.6) is 0 Å². The number of ether oxygens (including phenoxy) is 2. The van der Waals surface area contributed by atoms with Crippen LogP contribution in [-0.2, 0) is 14.3 Å². The molecule has 122 valence electrons. The Morgan fingerprint density at radius 1 is 1.33 bits per heavy atom. The first-order valence-electron chi connectivity index (χ1n) is 7.93. The zero-order valence-corrected chi connectivity index (χ0v) is 13.5. The predicted octanol–water partition coefficient (Wildman–Crippen LogP) is 0.0603. The molecule has 4 unspecified atom stereocenters. The van der Waals surface area contributed by atoms with Gasteiger partial charge in [-0.15, -0.1) is 0 Å². The third-order valence-corrected chi connectivity index (χ3v) is 4.51. The summed E-state index contributed by atoms with van der Waals surface area (Å²) in [6, 6.07) is 0.239. The number of likely N-dealkylation sites (tertiary alicyclic amines) is 1. The third kappa shape index (κ3) is 4.39. The maximum absolute atomic E-state index is 12.5. The van der Waals surface area contributed by atoms with Gasteiger partial charge in [0.1, 0.15) is 0 Å². The van der Waals surface area contributed by atoms with Crippen LogP contribution in [0.4, 0.5) is 0 Å². The Hall–Kier alpha value is -0.690. The van der Waals surface area contributed by atoms with Crippen LogP contribution in [0.2, 0.25) is 0 Å². The van der Waals surface area contributed by atoms with E-state index >= 15 is 0 Å². The number of hydrogen-bond donors (Lipinski definition) is 1. The maximum Gasteiger partial charge on any atom is 0.236 e. The van der Waals surface area contributed by atoms with Crippen molar-refractivity contribution in [1.82, 2.24) is 9.80 Å². The fourth-order valence-electron chi connectivity index (χ4n) is 3.39. The number of hydrogen-bond acceptors (Lipinski definition) is 5. The van der Waals surface area contributed by atoms with Gasteiger partial charge in [0, 0.05) is 39.3 Å². The summed E-state index contributed by atoms with van der Waals surface area (Å²) in [4.78, 5) is 16.7. The molecule has 0 aromatic carbocycles. The molecule has 2 fully saturated rings. The Morgan fingerprint density at radius 3 is 2.57 bits per heavy atom. The third-order valence-electron chi connectivity index (χ3n) is 4.51. The fraction of sp³-hybridized carbons (Fsp3) is 0.933. The molecule has 2 heterocycles. The Balaban J connectivity index is 1.89. The number of morpholine rings is 1. The van der Waals surface area contributed by atoms with Crippen LogP contribution in [0.25, 0.3) is 0 Å². The average Bonchev–Trinajstić information content (AvgIpc) is 2.46. The van der Waals surface area contributed by atoms with E-state index < -0.39 is 0 Å². The molecule has 4 atom stereocenters. The average molecular weight is 299 g/mol. The van der Waals surface area contributed by atoms with Gasteiger partial charge in [0.25, 0.3) is 0 Å². The van der Waals surface area contributed by atoms with E-state index in [9.17, 15) is 4.79 Å². The normalized spacial score (nSPS) is 35.0. The molecule has 2 aliphatic heterocycles. The molecule has 0 aromatic heterocycles. The number of nitrogens with two attached hydrogens (primary N) is 1. The van der Waals surface area contributed by atoms with E-state index in [1.54, 1.807) is 7.11 Å². The van der Waals surface area contributed by atoms with Crippen LogP contribution >= 0.6 is 0 Å². The van der Waals surface area contributed by atoms with Crippen molar-refractivity contribution in [3.05, 3.63) is 0 Å². The van der Waals surface area contributed by atoms with Crippen molar-refractivity contribution in [3.8, 4) is 0 Å². The Morgan fingerprint density at radius 2 is 2.00 bits per heavy atom. The molecule has 1 amide bonds. The predicted molar refractivity (Wildman–Crippen MR) is 81.0 cm³/mol. The van der Waals surface area contributed by atoms with Gasteiger partial charge >= 0.3 is 0 Å². The van der Waals surface area contributed by atoms with Crippen LogP contribution in [0.3, 0.4) is 0 Å². The van der Waals surface area contributed by atoms with Crippen molar-refractivity contribution >= 4 is 5.91 Å². The lowest BCUT2D eigenvalue weighted by Crippen LogP contribution is -2.55. The molecule has 0 bridgehead atoms. The molecule has 6 nitrogen and oxygen atoms in total. The van der Waals surface area contributed by atoms with Gasteiger partial charge in [-0.3, -0.25) is 9.69 Å². The zero-order valence-electron chi connectivity index (χ0n) is 13.5. The maximum atomic E-state index is 12.5. The van der Waals surface area contributed by atoms with Crippen LogP contribution in [0, 0.1) is 0 Å². The van der Waals surface area contributed by atoms with Gasteiger partial charge in [0.05, 0.1) is 24.9 Å². The Labute approximate surface area is 127 Å². The SMILES string of the molecule is COC1CCN(CC(=O)N2CC(C)OC(C)C2)C(CN)C1. The number of carbonyl (C=O) groups is 1. The summed E-state index contributed by atoms with van der Waals surface area (Å²) >= 11 is 0. The number of nitrogens with zero attached hydrogens (tertiary/aromatic N) is 2. The van der Waals surface area contributed by atoms with E-state index in [-0.39, 0.29) is 30.3 Å². The smallest absolute Gasteiger partial charge is 0.236 e. The van der Waals surface area contributed by atoms with Crippen molar-refractivity contribution in [2.75, 3.05) is 39.8 Å². The lowest BCUT2D eigenvalue weighted by Gasteiger charge is -2.40. The highest BCUT2D eigenvalue weighted by atomic mass is 16.5. The summed E-state index contributed by atoms with van der Waals surface area (Å²) in [6.07, 6.45) is 2.38. The summed E-state index contributed by atoms with van der Waals surface area (Å²) in [5.74, 6) is 0.186. The number of rotatable bonds is 4. The van der Waals surface area contributed by atoms with Crippen molar-refractivity contribution in [3.63, 3.8) is 0 Å². The van der Waals surface area contributed by atoms with E-state index in [4.69, 9.17) is 15.2 Å². The first kappa shape index (κ1) is 16.7. The quantitative estimate of drug-likeness (QED) is 0.795. The van der Waals surface area contributed by atoms with E-state index in [0.29, 0.717) is 26.2 Å². The van der Waals surface area contributed by atoms with Crippen LogP contribution in [0.15, 0.2) is 0 Å². The molecule has 2 N–H and O–H groups in total. The van der Waals surface area contributed by atoms with Gasteiger partial charge in [0.15, 0.2) is 0 Å². The number of methoxy groups -OCH3 is 1. The van der Waals surface area contributed by atoms with Crippen molar-refractivity contribution in [2.45, 2.75) is 51.0 Å². The molecule has 0 aliphatic carbocycles. The molecule has 6 heteroatoms. The summed E-state index contributed by atoms with van der Waals surface area (Å²) in [7, 11) is 1.75. The molecular formula is C15H29N3O3. The second kappa shape index (κ2) is 7.54. The van der Waals surface area contributed by atoms with E-state index in [1.807, 2.05) is 18.7 Å². The van der Waals surface area contributed by atoms with E-state index in [1.165, 1.54) is 0 Å². The number of amides is 1. The summed E-state index contributed by atoms with van der Waals surface area (Å²) < 4.78 is 11.1. The fourth-order valence-corrected chi connectivity index (χ4v) is 3.39. The standard InChI is InChI=1S/C15H29N3O3/c1-11-8-18(9-12(2)21-11)15(19)10-17-5-4-14(20-3)6-13(17)7-16/h11-14H,4-10,16H2,1-3H3. The molecule has 21 heavy (non-hydrogen) atoms. The van der Waals surface area contributed by atoms with Crippen LogP contribution in [0.1, 0.15) is 26.7 Å².